The molecule has 0 spiro atoms. The van der Waals surface area contributed by atoms with Gasteiger partial charge in [0.05, 0.1) is 0 Å². The highest BCUT2D eigenvalue weighted by Gasteiger charge is 2.27. The SMILES string of the molecule is CC1(NCc2cc3ccccc3cc2N)CCCC1. The summed E-state index contributed by atoms with van der Waals surface area (Å²) in [4.78, 5) is 0. The minimum atomic E-state index is 0.304. The average molecular weight is 254 g/mol. The Morgan fingerprint density at radius 1 is 1.11 bits per heavy atom. The van der Waals surface area contributed by atoms with Crippen molar-refractivity contribution in [1.82, 2.24) is 5.32 Å². The lowest BCUT2D eigenvalue weighted by Gasteiger charge is -2.26. The van der Waals surface area contributed by atoms with Gasteiger partial charge in [-0.3, -0.25) is 0 Å². The molecule has 3 N–H and O–H groups in total. The van der Waals surface area contributed by atoms with E-state index in [0.717, 1.165) is 12.2 Å². The molecule has 100 valence electrons. The Labute approximate surface area is 115 Å². The smallest absolute Gasteiger partial charge is 0.0366 e. The van der Waals surface area contributed by atoms with Crippen molar-refractivity contribution in [1.29, 1.82) is 0 Å². The molecule has 19 heavy (non-hydrogen) atoms. The fourth-order valence-electron chi connectivity index (χ4n) is 3.10. The molecule has 2 heteroatoms. The third kappa shape index (κ3) is 2.59. The van der Waals surface area contributed by atoms with E-state index in [0.29, 0.717) is 5.54 Å². The van der Waals surface area contributed by atoms with Gasteiger partial charge in [0, 0.05) is 17.8 Å². The van der Waals surface area contributed by atoms with Gasteiger partial charge in [0.2, 0.25) is 0 Å². The molecule has 0 atom stereocenters. The molecule has 1 saturated carbocycles. The topological polar surface area (TPSA) is 38.0 Å². The summed E-state index contributed by atoms with van der Waals surface area (Å²) >= 11 is 0. The molecule has 0 heterocycles. The van der Waals surface area contributed by atoms with E-state index in [1.807, 2.05) is 0 Å². The Bertz CT molecular complexity index is 583. The summed E-state index contributed by atoms with van der Waals surface area (Å²) < 4.78 is 0. The van der Waals surface area contributed by atoms with Crippen molar-refractivity contribution in [3.63, 3.8) is 0 Å². The van der Waals surface area contributed by atoms with E-state index in [9.17, 15) is 0 Å². The Morgan fingerprint density at radius 3 is 2.42 bits per heavy atom. The van der Waals surface area contributed by atoms with Crippen molar-refractivity contribution in [2.24, 2.45) is 0 Å². The fourth-order valence-corrected chi connectivity index (χ4v) is 3.10. The van der Waals surface area contributed by atoms with E-state index in [1.165, 1.54) is 42.0 Å². The van der Waals surface area contributed by atoms with Crippen LogP contribution in [0, 0.1) is 0 Å². The summed E-state index contributed by atoms with van der Waals surface area (Å²) in [5, 5.41) is 6.19. The molecule has 0 amide bonds. The van der Waals surface area contributed by atoms with Crippen molar-refractivity contribution in [3.8, 4) is 0 Å². The number of fused-ring (bicyclic) bond motifs is 1. The quantitative estimate of drug-likeness (QED) is 0.817. The van der Waals surface area contributed by atoms with Gasteiger partial charge in [-0.25, -0.2) is 0 Å². The van der Waals surface area contributed by atoms with E-state index < -0.39 is 0 Å². The van der Waals surface area contributed by atoms with Crippen LogP contribution in [0.2, 0.25) is 0 Å². The highest BCUT2D eigenvalue weighted by Crippen LogP contribution is 2.30. The predicted molar refractivity (Wildman–Crippen MR) is 82.1 cm³/mol. The summed E-state index contributed by atoms with van der Waals surface area (Å²) in [6, 6.07) is 12.7. The lowest BCUT2D eigenvalue weighted by atomic mass is 9.99. The largest absolute Gasteiger partial charge is 0.398 e. The first-order valence-corrected chi connectivity index (χ1v) is 7.18. The van der Waals surface area contributed by atoms with Gasteiger partial charge < -0.3 is 11.1 Å². The molecule has 0 aliphatic heterocycles. The molecule has 3 rings (SSSR count). The summed E-state index contributed by atoms with van der Waals surface area (Å²) in [5.41, 5.74) is 8.59. The van der Waals surface area contributed by atoms with Crippen LogP contribution in [0.1, 0.15) is 38.2 Å². The number of nitrogens with two attached hydrogens (primary N) is 1. The second-order valence-corrected chi connectivity index (χ2v) is 6.02. The number of nitrogens with one attached hydrogen (secondary N) is 1. The Hall–Kier alpha value is -1.54. The van der Waals surface area contributed by atoms with E-state index in [4.69, 9.17) is 5.73 Å². The zero-order valence-corrected chi connectivity index (χ0v) is 11.6. The lowest BCUT2D eigenvalue weighted by molar-refractivity contribution is 0.363. The van der Waals surface area contributed by atoms with Gasteiger partial charge in [-0.15, -0.1) is 0 Å². The average Bonchev–Trinajstić information content (AvgIpc) is 2.84. The van der Waals surface area contributed by atoms with Crippen LogP contribution in [-0.2, 0) is 6.54 Å². The van der Waals surface area contributed by atoms with Gasteiger partial charge in [0.15, 0.2) is 0 Å². The maximum Gasteiger partial charge on any atom is 0.0366 e. The van der Waals surface area contributed by atoms with Gasteiger partial charge >= 0.3 is 0 Å². The standard InChI is InChI=1S/C17H22N2/c1-17(8-4-5-9-17)19-12-15-10-13-6-2-3-7-14(13)11-16(15)18/h2-3,6-7,10-11,19H,4-5,8-9,12,18H2,1H3. The van der Waals surface area contributed by atoms with Crippen LogP contribution in [0.3, 0.4) is 0 Å². The van der Waals surface area contributed by atoms with Crippen LogP contribution in [0.4, 0.5) is 5.69 Å². The van der Waals surface area contributed by atoms with Gasteiger partial charge in [-0.2, -0.15) is 0 Å². The molecular formula is C17H22N2. The minimum Gasteiger partial charge on any atom is -0.398 e. The normalized spacial score (nSPS) is 17.9. The van der Waals surface area contributed by atoms with Crippen LogP contribution in [-0.4, -0.2) is 5.54 Å². The molecule has 0 aromatic heterocycles. The molecule has 2 nitrogen and oxygen atoms in total. The van der Waals surface area contributed by atoms with E-state index in [1.54, 1.807) is 0 Å². The number of hydrogen-bond donors (Lipinski definition) is 2. The summed E-state index contributed by atoms with van der Waals surface area (Å²) in [6.07, 6.45) is 5.24. The van der Waals surface area contributed by atoms with E-state index in [-0.39, 0.29) is 0 Å². The zero-order valence-electron chi connectivity index (χ0n) is 11.6. The van der Waals surface area contributed by atoms with Crippen molar-refractivity contribution >= 4 is 16.5 Å². The van der Waals surface area contributed by atoms with Crippen LogP contribution in [0.15, 0.2) is 36.4 Å². The number of hydrogen-bond acceptors (Lipinski definition) is 2. The first-order chi connectivity index (χ1) is 9.16. The number of anilines is 1. The maximum atomic E-state index is 6.17. The predicted octanol–water partition coefficient (Wildman–Crippen LogP) is 3.84. The molecule has 1 fully saturated rings. The molecule has 2 aromatic rings. The molecule has 0 saturated heterocycles. The van der Waals surface area contributed by atoms with Crippen molar-refractivity contribution < 1.29 is 0 Å². The van der Waals surface area contributed by atoms with Gasteiger partial charge in [-0.1, -0.05) is 37.1 Å². The van der Waals surface area contributed by atoms with Gasteiger partial charge in [-0.05, 0) is 48.2 Å². The molecule has 1 aliphatic carbocycles. The molecular weight excluding hydrogens is 232 g/mol. The van der Waals surface area contributed by atoms with E-state index >= 15 is 0 Å². The molecule has 1 aliphatic rings. The minimum absolute atomic E-state index is 0.304. The maximum absolute atomic E-state index is 6.17. The zero-order chi connectivity index (χ0) is 13.3. The summed E-state index contributed by atoms with van der Waals surface area (Å²) in [6.45, 7) is 3.20. The number of nitrogen functional groups attached to an aromatic ring is 1. The highest BCUT2D eigenvalue weighted by atomic mass is 15.0. The first kappa shape index (κ1) is 12.5. The molecule has 2 aromatic carbocycles. The third-order valence-electron chi connectivity index (χ3n) is 4.42. The van der Waals surface area contributed by atoms with E-state index in [2.05, 4.69) is 48.6 Å². The molecule has 0 bridgehead atoms. The van der Waals surface area contributed by atoms with Crippen LogP contribution in [0.5, 0.6) is 0 Å². The summed E-state index contributed by atoms with van der Waals surface area (Å²) in [7, 11) is 0. The monoisotopic (exact) mass is 254 g/mol. The third-order valence-corrected chi connectivity index (χ3v) is 4.42. The van der Waals surface area contributed by atoms with Crippen molar-refractivity contribution in [3.05, 3.63) is 42.0 Å². The number of rotatable bonds is 3. The van der Waals surface area contributed by atoms with Crippen LogP contribution in [0.25, 0.3) is 10.8 Å². The fraction of sp³-hybridized carbons (Fsp3) is 0.412. The molecule has 0 radical (unpaired) electrons. The van der Waals surface area contributed by atoms with Crippen molar-refractivity contribution in [2.45, 2.75) is 44.7 Å². The van der Waals surface area contributed by atoms with Gasteiger partial charge in [0.25, 0.3) is 0 Å². The Kier molecular flexibility index (Phi) is 3.19. The Morgan fingerprint density at radius 2 is 1.74 bits per heavy atom. The molecule has 0 unspecified atom stereocenters. The summed E-state index contributed by atoms with van der Waals surface area (Å²) in [5.74, 6) is 0. The van der Waals surface area contributed by atoms with Crippen molar-refractivity contribution in [2.75, 3.05) is 5.73 Å². The second kappa shape index (κ2) is 4.86. The Balaban J connectivity index is 1.82. The highest BCUT2D eigenvalue weighted by molar-refractivity contribution is 5.86. The first-order valence-electron chi connectivity index (χ1n) is 7.18. The van der Waals surface area contributed by atoms with Gasteiger partial charge in [0.1, 0.15) is 0 Å². The second-order valence-electron chi connectivity index (χ2n) is 6.02. The lowest BCUT2D eigenvalue weighted by Crippen LogP contribution is -2.38. The van der Waals surface area contributed by atoms with Crippen LogP contribution < -0.4 is 11.1 Å². The number of benzene rings is 2. The van der Waals surface area contributed by atoms with Crippen LogP contribution >= 0.6 is 0 Å².